The molecule has 0 bridgehead atoms. The lowest BCUT2D eigenvalue weighted by atomic mass is 10.2. The molecule has 3 N–H and O–H groups in total. The zero-order valence-corrected chi connectivity index (χ0v) is 18.3. The molecular weight excluding hydrogens is 429 g/mol. The lowest BCUT2D eigenvalue weighted by Crippen LogP contribution is -2.49. The van der Waals surface area contributed by atoms with Crippen molar-refractivity contribution in [3.63, 3.8) is 0 Å². The van der Waals surface area contributed by atoms with Gasteiger partial charge in [-0.1, -0.05) is 18.2 Å². The van der Waals surface area contributed by atoms with E-state index in [1.165, 1.54) is 29.6 Å². The zero-order chi connectivity index (χ0) is 22.3. The van der Waals surface area contributed by atoms with E-state index in [0.29, 0.717) is 36.1 Å². The maximum absolute atomic E-state index is 13.1. The summed E-state index contributed by atoms with van der Waals surface area (Å²) < 4.78 is 13.1. The predicted octanol–water partition coefficient (Wildman–Crippen LogP) is 2.92. The van der Waals surface area contributed by atoms with Crippen LogP contribution < -0.4 is 16.0 Å². The topological polar surface area (TPSA) is 100 Å². The van der Waals surface area contributed by atoms with Crippen LogP contribution in [-0.4, -0.2) is 57.7 Å². The average Bonchev–Trinajstić information content (AvgIpc) is 2.81. The number of hydrogen-bond acceptors (Lipinski definition) is 8. The fourth-order valence-corrected chi connectivity index (χ4v) is 4.17. The highest BCUT2D eigenvalue weighted by Gasteiger charge is 2.21. The molecule has 3 aromatic rings. The number of para-hydroxylation sites is 1. The van der Waals surface area contributed by atoms with Crippen LogP contribution in [-0.2, 0) is 10.5 Å². The monoisotopic (exact) mass is 453 g/mol. The first-order chi connectivity index (χ1) is 15.6. The molecular formula is C22H24FN7OS. The van der Waals surface area contributed by atoms with Gasteiger partial charge >= 0.3 is 0 Å². The van der Waals surface area contributed by atoms with Crippen LogP contribution in [0.5, 0.6) is 0 Å². The van der Waals surface area contributed by atoms with Crippen LogP contribution in [0, 0.1) is 5.82 Å². The molecule has 2 heterocycles. The molecule has 0 aliphatic carbocycles. The molecule has 32 heavy (non-hydrogen) atoms. The largest absolute Gasteiger partial charge is 0.368 e. The summed E-state index contributed by atoms with van der Waals surface area (Å²) in [7, 11) is 0. The number of rotatable bonds is 7. The Balaban J connectivity index is 1.25. The maximum Gasteiger partial charge on any atom is 0.232 e. The molecule has 1 saturated heterocycles. The van der Waals surface area contributed by atoms with Crippen molar-refractivity contribution < 1.29 is 9.18 Å². The molecule has 1 fully saturated rings. The second-order valence-corrected chi connectivity index (χ2v) is 8.25. The van der Waals surface area contributed by atoms with E-state index in [0.717, 1.165) is 13.1 Å². The zero-order valence-electron chi connectivity index (χ0n) is 17.4. The van der Waals surface area contributed by atoms with Crippen LogP contribution in [0.1, 0.15) is 5.82 Å². The first-order valence-electron chi connectivity index (χ1n) is 10.3. The Labute approximate surface area is 190 Å². The summed E-state index contributed by atoms with van der Waals surface area (Å²) in [5.41, 5.74) is 7.62. The van der Waals surface area contributed by atoms with Gasteiger partial charge in [0.25, 0.3) is 0 Å². The van der Waals surface area contributed by atoms with Gasteiger partial charge in [-0.2, -0.15) is 15.0 Å². The van der Waals surface area contributed by atoms with Gasteiger partial charge in [0.05, 0.1) is 11.5 Å². The van der Waals surface area contributed by atoms with Crippen molar-refractivity contribution in [2.24, 2.45) is 0 Å². The molecule has 0 saturated carbocycles. The summed E-state index contributed by atoms with van der Waals surface area (Å²) in [6, 6.07) is 16.1. The number of halogens is 1. The number of thioether (sulfide) groups is 1. The minimum atomic E-state index is -0.325. The summed E-state index contributed by atoms with van der Waals surface area (Å²) in [5, 5.41) is 2.98. The van der Waals surface area contributed by atoms with Gasteiger partial charge in [0.1, 0.15) is 11.6 Å². The van der Waals surface area contributed by atoms with E-state index in [2.05, 4.69) is 37.3 Å². The second kappa shape index (κ2) is 10.3. The van der Waals surface area contributed by atoms with Crippen molar-refractivity contribution in [1.82, 2.24) is 19.9 Å². The molecule has 0 unspecified atom stereocenters. The highest BCUT2D eigenvalue weighted by molar-refractivity contribution is 7.99. The number of benzene rings is 2. The summed E-state index contributed by atoms with van der Waals surface area (Å²) in [5.74, 6) is 1.40. The molecule has 0 atom stereocenters. The van der Waals surface area contributed by atoms with Crippen LogP contribution in [0.15, 0.2) is 54.6 Å². The Bertz CT molecular complexity index is 1040. The molecule has 166 valence electrons. The van der Waals surface area contributed by atoms with Gasteiger partial charge in [-0.3, -0.25) is 4.79 Å². The van der Waals surface area contributed by atoms with E-state index in [1.807, 2.05) is 23.1 Å². The lowest BCUT2D eigenvalue weighted by molar-refractivity contribution is -0.128. The number of nitrogens with zero attached hydrogens (tertiary/aromatic N) is 5. The number of hydrogen-bond donors (Lipinski definition) is 2. The van der Waals surface area contributed by atoms with Crippen molar-refractivity contribution in [2.75, 3.05) is 47.9 Å². The lowest BCUT2D eigenvalue weighted by Gasteiger charge is -2.36. The van der Waals surface area contributed by atoms with E-state index in [-0.39, 0.29) is 23.6 Å². The third kappa shape index (κ3) is 5.85. The molecule has 0 spiro atoms. The predicted molar refractivity (Wildman–Crippen MR) is 125 cm³/mol. The number of nitrogens with one attached hydrogen (secondary N) is 1. The third-order valence-corrected chi connectivity index (χ3v) is 5.92. The minimum Gasteiger partial charge on any atom is -0.368 e. The number of amides is 1. The average molecular weight is 454 g/mol. The summed E-state index contributed by atoms with van der Waals surface area (Å²) in [6.07, 6.45) is 0. The van der Waals surface area contributed by atoms with Crippen LogP contribution in [0.25, 0.3) is 0 Å². The van der Waals surface area contributed by atoms with Gasteiger partial charge in [-0.25, -0.2) is 4.39 Å². The standard InChI is InChI=1S/C22H24FN7OS/c23-16-6-8-17(9-7-16)25-22-27-19(26-21(24)28-22)14-32-15-20(31)30-12-10-29(11-13-30)18-4-2-1-3-5-18/h1-9H,10-15H2,(H3,24,25,26,27,28). The highest BCUT2D eigenvalue weighted by atomic mass is 32.2. The Morgan fingerprint density at radius 2 is 1.72 bits per heavy atom. The number of carbonyl (C=O) groups excluding carboxylic acids is 1. The molecule has 2 aromatic carbocycles. The molecule has 8 nitrogen and oxygen atoms in total. The Kier molecular flexibility index (Phi) is 7.00. The summed E-state index contributed by atoms with van der Waals surface area (Å²) in [6.45, 7) is 3.06. The molecule has 10 heteroatoms. The van der Waals surface area contributed by atoms with Crippen molar-refractivity contribution in [2.45, 2.75) is 5.75 Å². The van der Waals surface area contributed by atoms with Crippen molar-refractivity contribution in [3.8, 4) is 0 Å². The number of nitrogens with two attached hydrogens (primary N) is 1. The number of carbonyl (C=O) groups is 1. The number of anilines is 4. The minimum absolute atomic E-state index is 0.0866. The van der Waals surface area contributed by atoms with Crippen LogP contribution in [0.4, 0.5) is 27.7 Å². The summed E-state index contributed by atoms with van der Waals surface area (Å²) >= 11 is 1.44. The first-order valence-corrected chi connectivity index (χ1v) is 11.4. The molecule has 1 aromatic heterocycles. The van der Waals surface area contributed by atoms with Gasteiger partial charge < -0.3 is 20.9 Å². The third-order valence-electron chi connectivity index (χ3n) is 5.01. The van der Waals surface area contributed by atoms with Gasteiger partial charge in [0, 0.05) is 37.6 Å². The Morgan fingerprint density at radius 3 is 2.44 bits per heavy atom. The van der Waals surface area contributed by atoms with Gasteiger partial charge in [-0.05, 0) is 36.4 Å². The van der Waals surface area contributed by atoms with Crippen LogP contribution in [0.2, 0.25) is 0 Å². The highest BCUT2D eigenvalue weighted by Crippen LogP contribution is 2.18. The smallest absolute Gasteiger partial charge is 0.232 e. The molecule has 1 aliphatic heterocycles. The molecule has 4 rings (SSSR count). The fourth-order valence-electron chi connectivity index (χ4n) is 3.39. The summed E-state index contributed by atoms with van der Waals surface area (Å²) in [4.78, 5) is 29.3. The van der Waals surface area contributed by atoms with E-state index in [9.17, 15) is 9.18 Å². The van der Waals surface area contributed by atoms with Crippen molar-refractivity contribution in [1.29, 1.82) is 0 Å². The van der Waals surface area contributed by atoms with Gasteiger partial charge in [0.2, 0.25) is 17.8 Å². The fraction of sp³-hybridized carbons (Fsp3) is 0.273. The van der Waals surface area contributed by atoms with Gasteiger partial charge in [0.15, 0.2) is 0 Å². The van der Waals surface area contributed by atoms with E-state index >= 15 is 0 Å². The quantitative estimate of drug-likeness (QED) is 0.563. The Morgan fingerprint density at radius 1 is 1.00 bits per heavy atom. The molecule has 1 aliphatic rings. The van der Waals surface area contributed by atoms with E-state index < -0.39 is 0 Å². The number of piperazine rings is 1. The van der Waals surface area contributed by atoms with Gasteiger partial charge in [-0.15, -0.1) is 11.8 Å². The SMILES string of the molecule is Nc1nc(CSCC(=O)N2CCN(c3ccccc3)CC2)nc(Nc2ccc(F)cc2)n1. The van der Waals surface area contributed by atoms with Crippen LogP contribution >= 0.6 is 11.8 Å². The molecule has 0 radical (unpaired) electrons. The first kappa shape index (κ1) is 21.8. The van der Waals surface area contributed by atoms with Crippen molar-refractivity contribution >= 4 is 40.9 Å². The van der Waals surface area contributed by atoms with E-state index in [1.54, 1.807) is 12.1 Å². The van der Waals surface area contributed by atoms with E-state index in [4.69, 9.17) is 5.73 Å². The number of nitrogen functional groups attached to an aromatic ring is 1. The molecule has 1 amide bonds. The number of aromatic nitrogens is 3. The normalized spacial score (nSPS) is 13.8. The van der Waals surface area contributed by atoms with Crippen LogP contribution in [0.3, 0.4) is 0 Å². The Hall–Kier alpha value is -3.40. The van der Waals surface area contributed by atoms with Crippen molar-refractivity contribution in [3.05, 3.63) is 66.2 Å². The second-order valence-electron chi connectivity index (χ2n) is 7.26. The maximum atomic E-state index is 13.1.